The van der Waals surface area contributed by atoms with Crippen molar-refractivity contribution in [3.8, 4) is 0 Å². The van der Waals surface area contributed by atoms with Crippen molar-refractivity contribution in [3.05, 3.63) is 59.7 Å². The lowest BCUT2D eigenvalue weighted by Gasteiger charge is -2.20. The summed E-state index contributed by atoms with van der Waals surface area (Å²) in [6, 6.07) is 11.1. The van der Waals surface area contributed by atoms with Crippen LogP contribution in [0.15, 0.2) is 48.5 Å². The molecule has 0 saturated carbocycles. The van der Waals surface area contributed by atoms with Gasteiger partial charge in [0, 0.05) is 24.5 Å². The van der Waals surface area contributed by atoms with Crippen LogP contribution in [0.5, 0.6) is 0 Å². The van der Waals surface area contributed by atoms with E-state index in [1.54, 1.807) is 24.3 Å². The van der Waals surface area contributed by atoms with Gasteiger partial charge in [-0.15, -0.1) is 0 Å². The third-order valence-electron chi connectivity index (χ3n) is 4.96. The normalized spacial score (nSPS) is 14.7. The lowest BCUT2D eigenvalue weighted by Crippen LogP contribution is -2.35. The van der Waals surface area contributed by atoms with Gasteiger partial charge in [0.15, 0.2) is 0 Å². The van der Waals surface area contributed by atoms with Crippen LogP contribution in [0.2, 0.25) is 0 Å². The van der Waals surface area contributed by atoms with Crippen molar-refractivity contribution in [1.82, 2.24) is 4.90 Å². The maximum absolute atomic E-state index is 12.6. The van der Waals surface area contributed by atoms with Gasteiger partial charge in [-0.25, -0.2) is 4.79 Å². The van der Waals surface area contributed by atoms with Gasteiger partial charge in [0.25, 0.3) is 0 Å². The highest BCUT2D eigenvalue weighted by Crippen LogP contribution is 2.29. The summed E-state index contributed by atoms with van der Waals surface area (Å²) in [4.78, 5) is 26.3. The zero-order valence-corrected chi connectivity index (χ0v) is 16.5. The summed E-state index contributed by atoms with van der Waals surface area (Å²) in [6.07, 6.45) is -0.124. The number of carbonyl (C=O) groups is 2. The quantitative estimate of drug-likeness (QED) is 0.707. The molecule has 3 amide bonds. The molecule has 0 bridgehead atoms. The van der Waals surface area contributed by atoms with Gasteiger partial charge in [-0.1, -0.05) is 25.0 Å². The Balaban J connectivity index is 1.51. The molecule has 0 aromatic heterocycles. The molecule has 160 valence electrons. The number of nitrogens with zero attached hydrogens (tertiary/aromatic N) is 1. The Hall–Kier alpha value is -3.03. The van der Waals surface area contributed by atoms with Crippen molar-refractivity contribution in [1.29, 1.82) is 0 Å². The van der Waals surface area contributed by atoms with E-state index in [0.717, 1.165) is 50.9 Å². The largest absolute Gasteiger partial charge is 0.416 e. The lowest BCUT2D eigenvalue weighted by atomic mass is 10.1. The highest BCUT2D eigenvalue weighted by Gasteiger charge is 2.30. The zero-order chi connectivity index (χ0) is 21.6. The second kappa shape index (κ2) is 9.65. The Bertz CT molecular complexity index is 857. The highest BCUT2D eigenvalue weighted by atomic mass is 19.4. The Kier molecular flexibility index (Phi) is 6.97. The average Bonchev–Trinajstić information content (AvgIpc) is 2.99. The molecule has 3 rings (SSSR count). The maximum Gasteiger partial charge on any atom is 0.416 e. The maximum atomic E-state index is 12.6. The van der Waals surface area contributed by atoms with Crippen LogP contribution in [0.4, 0.5) is 29.3 Å². The van der Waals surface area contributed by atoms with Crippen LogP contribution in [-0.2, 0) is 17.4 Å². The fourth-order valence-electron chi connectivity index (χ4n) is 3.32. The monoisotopic (exact) mass is 419 g/mol. The molecule has 1 heterocycles. The van der Waals surface area contributed by atoms with Crippen LogP contribution >= 0.6 is 0 Å². The number of hydrogen-bond donors (Lipinski definition) is 2. The lowest BCUT2D eigenvalue weighted by molar-refractivity contribution is -0.137. The van der Waals surface area contributed by atoms with Gasteiger partial charge in [-0.05, 0) is 54.8 Å². The minimum atomic E-state index is -4.40. The number of benzene rings is 2. The van der Waals surface area contributed by atoms with E-state index >= 15 is 0 Å². The van der Waals surface area contributed by atoms with Crippen LogP contribution in [0.3, 0.4) is 0 Å². The van der Waals surface area contributed by atoms with Crippen LogP contribution in [-0.4, -0.2) is 29.9 Å². The molecule has 0 atom stereocenters. The summed E-state index contributed by atoms with van der Waals surface area (Å²) in [5.74, 6) is -0.337. The summed E-state index contributed by atoms with van der Waals surface area (Å²) in [5, 5.41) is 5.56. The fraction of sp³-hybridized carbons (Fsp3) is 0.364. The Morgan fingerprint density at radius 1 is 0.800 bits per heavy atom. The predicted molar refractivity (Wildman–Crippen MR) is 109 cm³/mol. The van der Waals surface area contributed by atoms with Crippen LogP contribution < -0.4 is 10.6 Å². The number of amides is 3. The number of rotatable bonds is 4. The molecule has 2 aromatic rings. The minimum absolute atomic E-state index is 0.0361. The molecule has 1 aliphatic heterocycles. The molecule has 2 aromatic carbocycles. The molecular formula is C22H24F3N3O2. The third kappa shape index (κ3) is 6.23. The van der Waals surface area contributed by atoms with E-state index in [1.807, 2.05) is 4.90 Å². The number of hydrogen-bond acceptors (Lipinski definition) is 2. The highest BCUT2D eigenvalue weighted by molar-refractivity contribution is 5.93. The van der Waals surface area contributed by atoms with Gasteiger partial charge in [-0.2, -0.15) is 13.2 Å². The molecule has 2 N–H and O–H groups in total. The van der Waals surface area contributed by atoms with E-state index in [2.05, 4.69) is 10.6 Å². The molecule has 30 heavy (non-hydrogen) atoms. The van der Waals surface area contributed by atoms with Gasteiger partial charge in [0.1, 0.15) is 0 Å². The van der Waals surface area contributed by atoms with E-state index in [1.165, 1.54) is 12.1 Å². The number of anilines is 2. The Morgan fingerprint density at radius 3 is 1.87 bits per heavy atom. The van der Waals surface area contributed by atoms with Gasteiger partial charge >= 0.3 is 12.2 Å². The minimum Gasteiger partial charge on any atom is -0.326 e. The standard InChI is InChI=1S/C22H24F3N3O2/c23-22(24,25)17-7-5-16(6-8-17)15-20(29)26-18-9-11-19(12-10-18)27-21(30)28-13-3-1-2-4-14-28/h5-12H,1-4,13-15H2,(H,26,29)(H,27,30). The zero-order valence-electron chi connectivity index (χ0n) is 16.5. The molecule has 0 aliphatic carbocycles. The number of urea groups is 1. The first-order chi connectivity index (χ1) is 14.3. The van der Waals surface area contributed by atoms with Crippen molar-refractivity contribution in [2.24, 2.45) is 0 Å². The second-order valence-corrected chi connectivity index (χ2v) is 7.33. The average molecular weight is 419 g/mol. The van der Waals surface area contributed by atoms with Crippen molar-refractivity contribution >= 4 is 23.3 Å². The van der Waals surface area contributed by atoms with Crippen LogP contribution in [0, 0.1) is 0 Å². The molecule has 0 radical (unpaired) electrons. The number of nitrogens with one attached hydrogen (secondary N) is 2. The molecule has 0 spiro atoms. The van der Waals surface area contributed by atoms with Gasteiger partial charge in [0.05, 0.1) is 12.0 Å². The van der Waals surface area contributed by atoms with E-state index < -0.39 is 11.7 Å². The van der Waals surface area contributed by atoms with Crippen molar-refractivity contribution in [3.63, 3.8) is 0 Å². The van der Waals surface area contributed by atoms with Crippen molar-refractivity contribution in [2.75, 3.05) is 23.7 Å². The molecule has 8 heteroatoms. The SMILES string of the molecule is O=C(Cc1ccc(C(F)(F)F)cc1)Nc1ccc(NC(=O)N2CCCCCC2)cc1. The van der Waals surface area contributed by atoms with Gasteiger partial charge < -0.3 is 15.5 Å². The second-order valence-electron chi connectivity index (χ2n) is 7.33. The topological polar surface area (TPSA) is 61.4 Å². The number of halogens is 3. The van der Waals surface area contributed by atoms with E-state index in [-0.39, 0.29) is 18.4 Å². The molecular weight excluding hydrogens is 395 g/mol. The number of likely N-dealkylation sites (tertiary alicyclic amines) is 1. The first-order valence-corrected chi connectivity index (χ1v) is 9.93. The van der Waals surface area contributed by atoms with E-state index in [4.69, 9.17) is 0 Å². The molecule has 1 fully saturated rings. The summed E-state index contributed by atoms with van der Waals surface area (Å²) < 4.78 is 37.8. The first kappa shape index (κ1) is 21.7. The predicted octanol–water partition coefficient (Wildman–Crippen LogP) is 5.29. The third-order valence-corrected chi connectivity index (χ3v) is 4.96. The van der Waals surface area contributed by atoms with Gasteiger partial charge in [0.2, 0.25) is 5.91 Å². The fourth-order valence-corrected chi connectivity index (χ4v) is 3.32. The summed E-state index contributed by atoms with van der Waals surface area (Å²) in [7, 11) is 0. The van der Waals surface area contributed by atoms with Gasteiger partial charge in [-0.3, -0.25) is 4.79 Å². The molecule has 0 unspecified atom stereocenters. The molecule has 1 aliphatic rings. The first-order valence-electron chi connectivity index (χ1n) is 9.93. The summed E-state index contributed by atoms with van der Waals surface area (Å²) in [5.41, 5.74) is 0.913. The van der Waals surface area contributed by atoms with E-state index in [0.29, 0.717) is 16.9 Å². The Labute approximate surface area is 173 Å². The Morgan fingerprint density at radius 2 is 1.33 bits per heavy atom. The molecule has 5 nitrogen and oxygen atoms in total. The molecule has 1 saturated heterocycles. The number of carbonyl (C=O) groups excluding carboxylic acids is 2. The van der Waals surface area contributed by atoms with Crippen molar-refractivity contribution < 1.29 is 22.8 Å². The van der Waals surface area contributed by atoms with Crippen LogP contribution in [0.25, 0.3) is 0 Å². The van der Waals surface area contributed by atoms with Crippen molar-refractivity contribution in [2.45, 2.75) is 38.3 Å². The van der Waals surface area contributed by atoms with E-state index in [9.17, 15) is 22.8 Å². The smallest absolute Gasteiger partial charge is 0.326 e. The van der Waals surface area contributed by atoms with Crippen LogP contribution in [0.1, 0.15) is 36.8 Å². The number of alkyl halides is 3. The summed E-state index contributed by atoms with van der Waals surface area (Å²) in [6.45, 7) is 1.51. The summed E-state index contributed by atoms with van der Waals surface area (Å²) >= 11 is 0.